The molecule has 1 aliphatic carbocycles. The second-order valence-electron chi connectivity index (χ2n) is 6.70. The Kier molecular flexibility index (Phi) is 4.37. The summed E-state index contributed by atoms with van der Waals surface area (Å²) in [6.07, 6.45) is 12.9. The third kappa shape index (κ3) is 2.82. The van der Waals surface area contributed by atoms with Crippen LogP contribution < -0.4 is 10.6 Å². The minimum atomic E-state index is 0.201. The van der Waals surface area contributed by atoms with Gasteiger partial charge in [-0.2, -0.15) is 0 Å². The Balaban J connectivity index is 2.73. The summed E-state index contributed by atoms with van der Waals surface area (Å²) in [4.78, 5) is 3.66. The van der Waals surface area contributed by atoms with Crippen LogP contribution in [0, 0.1) is 5.92 Å². The number of hydrogen-bond donors (Lipinski definition) is 1. The maximum atomic E-state index is 3.87. The largest absolute Gasteiger partial charge is 0.358 e. The lowest BCUT2D eigenvalue weighted by Gasteiger charge is -2.31. The first-order chi connectivity index (χ1) is 9.49. The molecule has 1 aliphatic rings. The van der Waals surface area contributed by atoms with E-state index in [1.807, 2.05) is 12.2 Å². The Morgan fingerprint density at radius 2 is 1.90 bits per heavy atom. The molecule has 0 radical (unpaired) electrons. The fourth-order valence-electron chi connectivity index (χ4n) is 3.67. The fraction of sp³-hybridized carbons (Fsp3) is 0.474. The average molecular weight is 269 g/mol. The van der Waals surface area contributed by atoms with Gasteiger partial charge in [0.15, 0.2) is 0 Å². The summed E-state index contributed by atoms with van der Waals surface area (Å²) in [6, 6.07) is 0. The highest BCUT2D eigenvalue weighted by atomic mass is 14.7. The number of fused-ring (bicyclic) bond motifs is 1. The van der Waals surface area contributed by atoms with Crippen LogP contribution in [0.3, 0.4) is 0 Å². The SMILES string of the molecule is C=C/C=c1/c2c([nH]/c1=C/C=C)C(C)(C)CC(C)CCC2. The summed E-state index contributed by atoms with van der Waals surface area (Å²) in [5.41, 5.74) is 3.09. The van der Waals surface area contributed by atoms with Crippen molar-refractivity contribution in [1.82, 2.24) is 4.98 Å². The van der Waals surface area contributed by atoms with E-state index in [0.717, 1.165) is 12.3 Å². The van der Waals surface area contributed by atoms with E-state index >= 15 is 0 Å². The van der Waals surface area contributed by atoms with Crippen molar-refractivity contribution in [3.8, 4) is 0 Å². The highest BCUT2D eigenvalue weighted by molar-refractivity contribution is 5.47. The van der Waals surface area contributed by atoms with Crippen LogP contribution in [0.1, 0.15) is 51.3 Å². The molecule has 0 aromatic carbocycles. The number of allylic oxidation sites excluding steroid dienone is 2. The topological polar surface area (TPSA) is 15.8 Å². The smallest absolute Gasteiger partial charge is 0.0458 e. The van der Waals surface area contributed by atoms with Crippen molar-refractivity contribution in [2.45, 2.75) is 51.9 Å². The Labute approximate surface area is 122 Å². The molecule has 0 fully saturated rings. The summed E-state index contributed by atoms with van der Waals surface area (Å²) < 4.78 is 0. The molecule has 1 nitrogen and oxygen atoms in total. The van der Waals surface area contributed by atoms with Gasteiger partial charge in [0.1, 0.15) is 0 Å². The normalized spacial score (nSPS) is 23.9. The number of rotatable bonds is 2. The predicted octanol–water partition coefficient (Wildman–Crippen LogP) is 3.59. The zero-order chi connectivity index (χ0) is 14.8. The van der Waals surface area contributed by atoms with E-state index in [1.54, 1.807) is 0 Å². The number of aromatic amines is 1. The molecule has 1 atom stereocenters. The molecule has 0 saturated heterocycles. The molecule has 0 amide bonds. The number of H-pyrrole nitrogens is 1. The molecule has 0 aliphatic heterocycles. The van der Waals surface area contributed by atoms with E-state index in [1.165, 1.54) is 41.1 Å². The molecule has 20 heavy (non-hydrogen) atoms. The van der Waals surface area contributed by atoms with Crippen LogP contribution in [0.2, 0.25) is 0 Å². The van der Waals surface area contributed by atoms with E-state index in [0.29, 0.717) is 0 Å². The first-order valence-corrected chi connectivity index (χ1v) is 7.66. The first-order valence-electron chi connectivity index (χ1n) is 7.66. The standard InChI is InChI=1S/C19H27N/c1-6-9-15-16-12-8-11-14(3)13-19(4,5)18(16)20-17(15)10-7-2/h6-7,9-10,14,20H,1-2,8,11-13H2,3-5H3/b15-9-,17-10+. The van der Waals surface area contributed by atoms with Gasteiger partial charge in [0, 0.05) is 21.7 Å². The second-order valence-corrected chi connectivity index (χ2v) is 6.70. The van der Waals surface area contributed by atoms with Crippen LogP contribution in [0.4, 0.5) is 0 Å². The van der Waals surface area contributed by atoms with Gasteiger partial charge >= 0.3 is 0 Å². The summed E-state index contributed by atoms with van der Waals surface area (Å²) >= 11 is 0. The van der Waals surface area contributed by atoms with Gasteiger partial charge in [0.05, 0.1) is 0 Å². The van der Waals surface area contributed by atoms with Crippen LogP contribution in [-0.4, -0.2) is 4.98 Å². The van der Waals surface area contributed by atoms with Gasteiger partial charge in [-0.15, -0.1) is 0 Å². The van der Waals surface area contributed by atoms with Crippen LogP contribution in [0.25, 0.3) is 12.2 Å². The minimum Gasteiger partial charge on any atom is -0.358 e. The molecule has 1 aromatic rings. The molecule has 108 valence electrons. The van der Waals surface area contributed by atoms with E-state index in [-0.39, 0.29) is 5.41 Å². The number of aromatic nitrogens is 1. The molecular formula is C19H27N. The van der Waals surface area contributed by atoms with E-state index in [9.17, 15) is 0 Å². The van der Waals surface area contributed by atoms with Crippen LogP contribution in [0.5, 0.6) is 0 Å². The van der Waals surface area contributed by atoms with Gasteiger partial charge in [-0.3, -0.25) is 0 Å². The Hall–Kier alpha value is -1.50. The summed E-state index contributed by atoms with van der Waals surface area (Å²) in [7, 11) is 0. The lowest BCUT2D eigenvalue weighted by molar-refractivity contribution is 0.339. The molecule has 1 aromatic heterocycles. The first kappa shape index (κ1) is 14.9. The summed E-state index contributed by atoms with van der Waals surface area (Å²) in [6.45, 7) is 14.8. The van der Waals surface area contributed by atoms with Crippen molar-refractivity contribution in [2.75, 3.05) is 0 Å². The molecule has 0 bridgehead atoms. The monoisotopic (exact) mass is 269 g/mol. The van der Waals surface area contributed by atoms with Crippen molar-refractivity contribution in [3.63, 3.8) is 0 Å². The quantitative estimate of drug-likeness (QED) is 0.844. The van der Waals surface area contributed by atoms with Gasteiger partial charge < -0.3 is 4.98 Å². The number of hydrogen-bond acceptors (Lipinski definition) is 0. The summed E-state index contributed by atoms with van der Waals surface area (Å²) in [5, 5.41) is 2.48. The molecule has 1 unspecified atom stereocenters. The molecule has 0 spiro atoms. The highest BCUT2D eigenvalue weighted by Gasteiger charge is 2.29. The lowest BCUT2D eigenvalue weighted by atomic mass is 9.75. The maximum Gasteiger partial charge on any atom is 0.0458 e. The zero-order valence-electron chi connectivity index (χ0n) is 13.1. The lowest BCUT2D eigenvalue weighted by Crippen LogP contribution is -2.26. The van der Waals surface area contributed by atoms with Gasteiger partial charge in [0.2, 0.25) is 0 Å². The average Bonchev–Trinajstić information content (AvgIpc) is 2.68. The Morgan fingerprint density at radius 3 is 2.55 bits per heavy atom. The van der Waals surface area contributed by atoms with Crippen LogP contribution >= 0.6 is 0 Å². The Morgan fingerprint density at radius 1 is 1.20 bits per heavy atom. The Bertz CT molecular complexity index is 613. The van der Waals surface area contributed by atoms with Gasteiger partial charge in [-0.05, 0) is 36.8 Å². The number of nitrogens with one attached hydrogen (secondary N) is 1. The van der Waals surface area contributed by atoms with Crippen molar-refractivity contribution in [3.05, 3.63) is 47.1 Å². The molecule has 1 heteroatoms. The van der Waals surface area contributed by atoms with Crippen molar-refractivity contribution < 1.29 is 0 Å². The highest BCUT2D eigenvalue weighted by Crippen LogP contribution is 2.34. The minimum absolute atomic E-state index is 0.201. The predicted molar refractivity (Wildman–Crippen MR) is 89.1 cm³/mol. The maximum absolute atomic E-state index is 3.87. The van der Waals surface area contributed by atoms with Gasteiger partial charge in [-0.25, -0.2) is 0 Å². The molecular weight excluding hydrogens is 242 g/mol. The van der Waals surface area contributed by atoms with E-state index < -0.39 is 0 Å². The van der Waals surface area contributed by atoms with Gasteiger partial charge in [-0.1, -0.05) is 58.6 Å². The second kappa shape index (κ2) is 5.87. The molecule has 0 saturated carbocycles. The molecule has 1 heterocycles. The van der Waals surface area contributed by atoms with E-state index in [4.69, 9.17) is 0 Å². The van der Waals surface area contributed by atoms with Crippen LogP contribution in [0.15, 0.2) is 25.3 Å². The molecule has 2 rings (SSSR count). The van der Waals surface area contributed by atoms with Crippen molar-refractivity contribution in [1.29, 1.82) is 0 Å². The zero-order valence-corrected chi connectivity index (χ0v) is 13.1. The van der Waals surface area contributed by atoms with Crippen LogP contribution in [-0.2, 0) is 11.8 Å². The van der Waals surface area contributed by atoms with Gasteiger partial charge in [0.25, 0.3) is 0 Å². The fourth-order valence-corrected chi connectivity index (χ4v) is 3.67. The third-order valence-electron chi connectivity index (χ3n) is 4.41. The summed E-state index contributed by atoms with van der Waals surface area (Å²) in [5.74, 6) is 0.792. The van der Waals surface area contributed by atoms with E-state index in [2.05, 4.69) is 51.1 Å². The van der Waals surface area contributed by atoms with Crippen molar-refractivity contribution in [2.24, 2.45) is 5.92 Å². The van der Waals surface area contributed by atoms with Crippen molar-refractivity contribution >= 4 is 12.2 Å². The third-order valence-corrected chi connectivity index (χ3v) is 4.41. The molecule has 1 N–H and O–H groups in total.